The highest BCUT2D eigenvalue weighted by Crippen LogP contribution is 2.18. The molecule has 0 aliphatic heterocycles. The van der Waals surface area contributed by atoms with Crippen LogP contribution in [0.15, 0.2) is 28.7 Å². The molecule has 0 spiro atoms. The maximum atomic E-state index is 9.20. The van der Waals surface area contributed by atoms with Gasteiger partial charge in [0, 0.05) is 11.6 Å². The topological polar surface area (TPSA) is 60.2 Å². The second kappa shape index (κ2) is 6.08. The fraction of sp³-hybridized carbons (Fsp3) is 0.333. The monoisotopic (exact) mass is 311 g/mol. The van der Waals surface area contributed by atoms with Gasteiger partial charge in [-0.3, -0.25) is 0 Å². The molecule has 0 amide bonds. The maximum absolute atomic E-state index is 9.20. The molecule has 0 atom stereocenters. The number of aliphatic hydroxyl groups is 1. The molecule has 96 valence electrons. The van der Waals surface area contributed by atoms with Gasteiger partial charge >= 0.3 is 0 Å². The summed E-state index contributed by atoms with van der Waals surface area (Å²) in [7, 11) is 1.61. The van der Waals surface area contributed by atoms with Gasteiger partial charge in [-0.05, 0) is 11.6 Å². The van der Waals surface area contributed by atoms with E-state index in [0.717, 1.165) is 15.7 Å². The Kier molecular flexibility index (Phi) is 4.46. The van der Waals surface area contributed by atoms with Crippen molar-refractivity contribution >= 4 is 15.9 Å². The van der Waals surface area contributed by atoms with Crippen LogP contribution in [0, 0.1) is 0 Å². The van der Waals surface area contributed by atoms with Crippen LogP contribution in [0.3, 0.4) is 0 Å². The number of halogens is 1. The molecule has 0 unspecified atom stereocenters. The van der Waals surface area contributed by atoms with Gasteiger partial charge in [-0.2, -0.15) is 0 Å². The van der Waals surface area contributed by atoms with Crippen LogP contribution in [0.1, 0.15) is 17.0 Å². The summed E-state index contributed by atoms with van der Waals surface area (Å²) in [6.07, 6.45) is 0. The van der Waals surface area contributed by atoms with Crippen molar-refractivity contribution < 1.29 is 9.84 Å². The van der Waals surface area contributed by atoms with Crippen molar-refractivity contribution in [2.24, 2.45) is 0 Å². The lowest BCUT2D eigenvalue weighted by Gasteiger charge is -2.08. The van der Waals surface area contributed by atoms with Gasteiger partial charge in [-0.25, -0.2) is 4.68 Å². The second-order valence-corrected chi connectivity index (χ2v) is 4.68. The number of nitrogens with zero attached hydrogens (tertiary/aromatic N) is 3. The molecule has 0 saturated carbocycles. The van der Waals surface area contributed by atoms with Crippen molar-refractivity contribution in [2.75, 3.05) is 7.11 Å². The largest absolute Gasteiger partial charge is 0.390 e. The van der Waals surface area contributed by atoms with E-state index in [4.69, 9.17) is 4.74 Å². The molecule has 1 aromatic heterocycles. The van der Waals surface area contributed by atoms with Crippen molar-refractivity contribution in [1.29, 1.82) is 0 Å². The Bertz CT molecular complexity index is 528. The molecule has 18 heavy (non-hydrogen) atoms. The molecule has 0 fully saturated rings. The smallest absolute Gasteiger partial charge is 0.114 e. The number of ether oxygens (including phenoxy) is 1. The van der Waals surface area contributed by atoms with Crippen LogP contribution < -0.4 is 0 Å². The number of aliphatic hydroxyl groups excluding tert-OH is 1. The van der Waals surface area contributed by atoms with E-state index >= 15 is 0 Å². The Hall–Kier alpha value is -1.24. The van der Waals surface area contributed by atoms with Gasteiger partial charge in [-0.1, -0.05) is 39.3 Å². The summed E-state index contributed by atoms with van der Waals surface area (Å²) >= 11 is 3.50. The first-order valence-electron chi connectivity index (χ1n) is 5.50. The summed E-state index contributed by atoms with van der Waals surface area (Å²) in [4.78, 5) is 0. The first-order chi connectivity index (χ1) is 8.76. The van der Waals surface area contributed by atoms with Crippen molar-refractivity contribution in [3.63, 3.8) is 0 Å². The SMILES string of the molecule is COCc1c(CO)nnn1Cc1ccccc1Br. The number of hydrogen-bond acceptors (Lipinski definition) is 4. The fourth-order valence-electron chi connectivity index (χ4n) is 1.70. The molecule has 0 radical (unpaired) electrons. The molecule has 0 saturated heterocycles. The summed E-state index contributed by atoms with van der Waals surface area (Å²) in [6.45, 7) is 0.842. The minimum Gasteiger partial charge on any atom is -0.390 e. The Morgan fingerprint density at radius 3 is 2.83 bits per heavy atom. The number of aromatic nitrogens is 3. The van der Waals surface area contributed by atoms with Gasteiger partial charge in [0.1, 0.15) is 5.69 Å². The van der Waals surface area contributed by atoms with Crippen molar-refractivity contribution in [3.05, 3.63) is 45.7 Å². The molecular weight excluding hydrogens is 298 g/mol. The summed E-state index contributed by atoms with van der Waals surface area (Å²) < 4.78 is 7.88. The van der Waals surface area contributed by atoms with E-state index in [2.05, 4.69) is 26.2 Å². The van der Waals surface area contributed by atoms with Crippen LogP contribution in [-0.2, 0) is 24.5 Å². The van der Waals surface area contributed by atoms with Crippen LogP contribution in [-0.4, -0.2) is 27.2 Å². The van der Waals surface area contributed by atoms with E-state index in [1.54, 1.807) is 11.8 Å². The minimum atomic E-state index is -0.130. The molecule has 2 aromatic rings. The maximum Gasteiger partial charge on any atom is 0.114 e. The van der Waals surface area contributed by atoms with Crippen molar-refractivity contribution in [2.45, 2.75) is 19.8 Å². The van der Waals surface area contributed by atoms with Crippen molar-refractivity contribution in [3.8, 4) is 0 Å². The average Bonchev–Trinajstić information content (AvgIpc) is 2.75. The predicted molar refractivity (Wildman–Crippen MR) is 69.9 cm³/mol. The minimum absolute atomic E-state index is 0.130. The molecule has 0 aliphatic carbocycles. The molecule has 2 rings (SSSR count). The Labute approximate surface area is 114 Å². The summed E-state index contributed by atoms with van der Waals surface area (Å²) in [5.41, 5.74) is 2.46. The zero-order valence-corrected chi connectivity index (χ0v) is 11.6. The lowest BCUT2D eigenvalue weighted by molar-refractivity contribution is 0.173. The highest BCUT2D eigenvalue weighted by atomic mass is 79.9. The van der Waals surface area contributed by atoms with Gasteiger partial charge in [0.05, 0.1) is 25.5 Å². The van der Waals surface area contributed by atoms with Crippen LogP contribution in [0.5, 0.6) is 0 Å². The Balaban J connectivity index is 2.29. The van der Waals surface area contributed by atoms with E-state index < -0.39 is 0 Å². The predicted octanol–water partition coefficient (Wildman–Crippen LogP) is 1.73. The quantitative estimate of drug-likeness (QED) is 0.913. The fourth-order valence-corrected chi connectivity index (χ4v) is 2.11. The first kappa shape index (κ1) is 13.2. The Morgan fingerprint density at radius 1 is 1.39 bits per heavy atom. The average molecular weight is 312 g/mol. The lowest BCUT2D eigenvalue weighted by atomic mass is 10.2. The molecule has 6 heteroatoms. The third-order valence-electron chi connectivity index (χ3n) is 2.63. The van der Waals surface area contributed by atoms with E-state index in [1.165, 1.54) is 0 Å². The molecule has 1 aromatic carbocycles. The van der Waals surface area contributed by atoms with Crippen molar-refractivity contribution in [1.82, 2.24) is 15.0 Å². The number of benzene rings is 1. The van der Waals surface area contributed by atoms with E-state index in [0.29, 0.717) is 18.8 Å². The van der Waals surface area contributed by atoms with Gasteiger partial charge in [-0.15, -0.1) is 5.10 Å². The zero-order valence-electron chi connectivity index (χ0n) is 10.0. The third kappa shape index (κ3) is 2.77. The molecule has 1 N–H and O–H groups in total. The molecule has 0 bridgehead atoms. The molecule has 0 aliphatic rings. The first-order valence-corrected chi connectivity index (χ1v) is 6.30. The number of rotatable bonds is 5. The van der Waals surface area contributed by atoms with Crippen LogP contribution in [0.4, 0.5) is 0 Å². The Morgan fingerprint density at radius 2 is 2.17 bits per heavy atom. The van der Waals surface area contributed by atoms with E-state index in [1.807, 2.05) is 24.3 Å². The summed E-state index contributed by atoms with van der Waals surface area (Å²) in [6, 6.07) is 7.93. The molecule has 5 nitrogen and oxygen atoms in total. The van der Waals surface area contributed by atoms with Gasteiger partial charge < -0.3 is 9.84 Å². The summed E-state index contributed by atoms with van der Waals surface area (Å²) in [5.74, 6) is 0. The standard InChI is InChI=1S/C12H14BrN3O2/c1-18-8-12-11(7-17)14-15-16(12)6-9-4-2-3-5-10(9)13/h2-5,17H,6-8H2,1H3. The van der Waals surface area contributed by atoms with Gasteiger partial charge in [0.25, 0.3) is 0 Å². The van der Waals surface area contributed by atoms with Gasteiger partial charge in [0.15, 0.2) is 0 Å². The highest BCUT2D eigenvalue weighted by Gasteiger charge is 2.12. The lowest BCUT2D eigenvalue weighted by Crippen LogP contribution is -2.08. The molecular formula is C12H14BrN3O2. The zero-order chi connectivity index (χ0) is 13.0. The van der Waals surface area contributed by atoms with Crippen LogP contribution in [0.25, 0.3) is 0 Å². The number of hydrogen-bond donors (Lipinski definition) is 1. The van der Waals surface area contributed by atoms with Crippen LogP contribution in [0.2, 0.25) is 0 Å². The van der Waals surface area contributed by atoms with E-state index in [9.17, 15) is 5.11 Å². The number of methoxy groups -OCH3 is 1. The second-order valence-electron chi connectivity index (χ2n) is 3.82. The van der Waals surface area contributed by atoms with E-state index in [-0.39, 0.29) is 6.61 Å². The molecule has 1 heterocycles. The van der Waals surface area contributed by atoms with Crippen LogP contribution >= 0.6 is 15.9 Å². The van der Waals surface area contributed by atoms with Gasteiger partial charge in [0.2, 0.25) is 0 Å². The summed E-state index contributed by atoms with van der Waals surface area (Å²) in [5, 5.41) is 17.2. The normalized spacial score (nSPS) is 10.8. The highest BCUT2D eigenvalue weighted by molar-refractivity contribution is 9.10. The third-order valence-corrected chi connectivity index (χ3v) is 3.40.